The van der Waals surface area contributed by atoms with Gasteiger partial charge < -0.3 is 14.6 Å². The van der Waals surface area contributed by atoms with Crippen LogP contribution in [0.1, 0.15) is 11.6 Å². The van der Waals surface area contributed by atoms with Crippen LogP contribution in [0.2, 0.25) is 0 Å². The zero-order chi connectivity index (χ0) is 13.1. The number of nitrogens with zero attached hydrogens (tertiary/aromatic N) is 3. The van der Waals surface area contributed by atoms with Gasteiger partial charge in [-0.25, -0.2) is 4.98 Å². The Labute approximate surface area is 111 Å². The van der Waals surface area contributed by atoms with Crippen molar-refractivity contribution in [2.24, 2.45) is 0 Å². The SMILES string of the molecule is Cc1cccc(-c2noc(CC3COCCN3)n2)n1. The maximum atomic E-state index is 5.40. The van der Waals surface area contributed by atoms with Crippen molar-refractivity contribution in [3.8, 4) is 11.5 Å². The standard InChI is InChI=1S/C13H16N4O2/c1-9-3-2-4-11(15-9)13-16-12(19-17-13)7-10-8-18-6-5-14-10/h2-4,10,14H,5-8H2,1H3. The molecule has 1 aliphatic rings. The third-order valence-electron chi connectivity index (χ3n) is 3.00. The molecule has 3 rings (SSSR count). The summed E-state index contributed by atoms with van der Waals surface area (Å²) in [7, 11) is 0. The number of ether oxygens (including phenoxy) is 1. The molecule has 0 spiro atoms. The van der Waals surface area contributed by atoms with E-state index in [9.17, 15) is 0 Å². The van der Waals surface area contributed by atoms with Crippen molar-refractivity contribution >= 4 is 0 Å². The largest absolute Gasteiger partial charge is 0.378 e. The number of hydrogen-bond donors (Lipinski definition) is 1. The van der Waals surface area contributed by atoms with Gasteiger partial charge in [-0.3, -0.25) is 0 Å². The van der Waals surface area contributed by atoms with Crippen LogP contribution in [0.4, 0.5) is 0 Å². The smallest absolute Gasteiger partial charge is 0.228 e. The first-order chi connectivity index (χ1) is 9.31. The van der Waals surface area contributed by atoms with Crippen LogP contribution in [0.15, 0.2) is 22.7 Å². The van der Waals surface area contributed by atoms with E-state index in [0.717, 1.165) is 24.5 Å². The molecule has 3 heterocycles. The average Bonchev–Trinajstić information content (AvgIpc) is 2.88. The number of pyridine rings is 1. The molecule has 6 heteroatoms. The lowest BCUT2D eigenvalue weighted by molar-refractivity contribution is 0.0744. The van der Waals surface area contributed by atoms with Crippen LogP contribution in [0.25, 0.3) is 11.5 Å². The fourth-order valence-electron chi connectivity index (χ4n) is 2.07. The lowest BCUT2D eigenvalue weighted by Gasteiger charge is -2.22. The minimum atomic E-state index is 0.243. The van der Waals surface area contributed by atoms with E-state index in [1.807, 2.05) is 25.1 Å². The first kappa shape index (κ1) is 12.3. The Balaban J connectivity index is 1.72. The van der Waals surface area contributed by atoms with Crippen LogP contribution >= 0.6 is 0 Å². The van der Waals surface area contributed by atoms with E-state index in [4.69, 9.17) is 9.26 Å². The van der Waals surface area contributed by atoms with Crippen molar-refractivity contribution in [3.05, 3.63) is 29.8 Å². The molecular weight excluding hydrogens is 244 g/mol. The number of aryl methyl sites for hydroxylation is 1. The lowest BCUT2D eigenvalue weighted by Crippen LogP contribution is -2.42. The number of morpholine rings is 1. The second-order valence-corrected chi connectivity index (χ2v) is 4.61. The molecule has 0 aromatic carbocycles. The van der Waals surface area contributed by atoms with Crippen LogP contribution in [0.5, 0.6) is 0 Å². The maximum Gasteiger partial charge on any atom is 0.228 e. The Bertz CT molecular complexity index is 549. The van der Waals surface area contributed by atoms with Gasteiger partial charge in [-0.1, -0.05) is 11.2 Å². The Morgan fingerprint density at radius 3 is 3.11 bits per heavy atom. The summed E-state index contributed by atoms with van der Waals surface area (Å²) in [6.07, 6.45) is 0.679. The molecule has 1 atom stereocenters. The van der Waals surface area contributed by atoms with Crippen molar-refractivity contribution < 1.29 is 9.26 Å². The molecule has 1 fully saturated rings. The molecule has 0 radical (unpaired) electrons. The highest BCUT2D eigenvalue weighted by atomic mass is 16.5. The zero-order valence-corrected chi connectivity index (χ0v) is 10.8. The van der Waals surface area contributed by atoms with Crippen molar-refractivity contribution in [1.82, 2.24) is 20.4 Å². The Morgan fingerprint density at radius 1 is 1.37 bits per heavy atom. The van der Waals surface area contributed by atoms with Crippen molar-refractivity contribution in [2.45, 2.75) is 19.4 Å². The van der Waals surface area contributed by atoms with Gasteiger partial charge in [-0.2, -0.15) is 4.98 Å². The molecule has 0 bridgehead atoms. The Morgan fingerprint density at radius 2 is 2.32 bits per heavy atom. The van der Waals surface area contributed by atoms with Gasteiger partial charge in [0.1, 0.15) is 5.69 Å². The van der Waals surface area contributed by atoms with E-state index in [0.29, 0.717) is 24.7 Å². The average molecular weight is 260 g/mol. The third-order valence-corrected chi connectivity index (χ3v) is 3.00. The van der Waals surface area contributed by atoms with Gasteiger partial charge >= 0.3 is 0 Å². The number of rotatable bonds is 3. The van der Waals surface area contributed by atoms with Crippen LogP contribution in [0.3, 0.4) is 0 Å². The van der Waals surface area contributed by atoms with E-state index in [-0.39, 0.29) is 6.04 Å². The van der Waals surface area contributed by atoms with E-state index >= 15 is 0 Å². The summed E-state index contributed by atoms with van der Waals surface area (Å²) in [5.74, 6) is 1.15. The Hall–Kier alpha value is -1.79. The van der Waals surface area contributed by atoms with Crippen LogP contribution < -0.4 is 5.32 Å². The maximum absolute atomic E-state index is 5.40. The summed E-state index contributed by atoms with van der Waals surface area (Å²) in [5.41, 5.74) is 1.68. The van der Waals surface area contributed by atoms with Crippen molar-refractivity contribution in [1.29, 1.82) is 0 Å². The number of nitrogens with one attached hydrogen (secondary N) is 1. The fraction of sp³-hybridized carbons (Fsp3) is 0.462. The quantitative estimate of drug-likeness (QED) is 0.886. The van der Waals surface area contributed by atoms with Gasteiger partial charge in [-0.15, -0.1) is 0 Å². The van der Waals surface area contributed by atoms with Gasteiger partial charge in [0.15, 0.2) is 0 Å². The van der Waals surface area contributed by atoms with E-state index in [2.05, 4.69) is 20.4 Å². The predicted octanol–water partition coefficient (Wildman–Crippen LogP) is 0.971. The number of aromatic nitrogens is 3. The topological polar surface area (TPSA) is 73.1 Å². The Kier molecular flexibility index (Phi) is 3.52. The molecule has 0 saturated carbocycles. The monoisotopic (exact) mass is 260 g/mol. The summed E-state index contributed by atoms with van der Waals surface area (Å²) >= 11 is 0. The van der Waals surface area contributed by atoms with E-state index < -0.39 is 0 Å². The zero-order valence-electron chi connectivity index (χ0n) is 10.8. The normalized spacial score (nSPS) is 19.5. The molecule has 0 amide bonds. The molecule has 2 aromatic rings. The third kappa shape index (κ3) is 2.97. The highest BCUT2D eigenvalue weighted by Gasteiger charge is 2.18. The van der Waals surface area contributed by atoms with Crippen LogP contribution in [-0.2, 0) is 11.2 Å². The second kappa shape index (κ2) is 5.46. The van der Waals surface area contributed by atoms with Crippen molar-refractivity contribution in [3.63, 3.8) is 0 Å². The summed E-state index contributed by atoms with van der Waals surface area (Å²) in [4.78, 5) is 8.76. The molecule has 2 aromatic heterocycles. The predicted molar refractivity (Wildman–Crippen MR) is 68.6 cm³/mol. The van der Waals surface area contributed by atoms with Gasteiger partial charge in [0.2, 0.25) is 11.7 Å². The second-order valence-electron chi connectivity index (χ2n) is 4.61. The molecule has 19 heavy (non-hydrogen) atoms. The highest BCUT2D eigenvalue weighted by molar-refractivity contribution is 5.47. The summed E-state index contributed by atoms with van der Waals surface area (Å²) in [6.45, 7) is 4.25. The number of hydrogen-bond acceptors (Lipinski definition) is 6. The highest BCUT2D eigenvalue weighted by Crippen LogP contribution is 2.14. The van der Waals surface area contributed by atoms with Crippen molar-refractivity contribution in [2.75, 3.05) is 19.8 Å². The summed E-state index contributed by atoms with van der Waals surface area (Å²) < 4.78 is 10.7. The first-order valence-electron chi connectivity index (χ1n) is 6.39. The van der Waals surface area contributed by atoms with Crippen LogP contribution in [0, 0.1) is 6.92 Å². The molecular formula is C13H16N4O2. The minimum absolute atomic E-state index is 0.243. The molecule has 100 valence electrons. The van der Waals surface area contributed by atoms with Gasteiger partial charge in [0.25, 0.3) is 0 Å². The first-order valence-corrected chi connectivity index (χ1v) is 6.39. The molecule has 1 aliphatic heterocycles. The van der Waals surface area contributed by atoms with Gasteiger partial charge in [0, 0.05) is 24.7 Å². The molecule has 6 nitrogen and oxygen atoms in total. The van der Waals surface area contributed by atoms with E-state index in [1.165, 1.54) is 0 Å². The summed E-state index contributed by atoms with van der Waals surface area (Å²) in [6, 6.07) is 5.99. The van der Waals surface area contributed by atoms with Gasteiger partial charge in [0.05, 0.1) is 13.2 Å². The fourth-order valence-corrected chi connectivity index (χ4v) is 2.07. The van der Waals surface area contributed by atoms with Crippen LogP contribution in [-0.4, -0.2) is 40.9 Å². The molecule has 1 unspecified atom stereocenters. The lowest BCUT2D eigenvalue weighted by atomic mass is 10.2. The van der Waals surface area contributed by atoms with E-state index in [1.54, 1.807) is 0 Å². The molecule has 1 saturated heterocycles. The van der Waals surface area contributed by atoms with Gasteiger partial charge in [-0.05, 0) is 19.1 Å². The minimum Gasteiger partial charge on any atom is -0.378 e. The molecule has 1 N–H and O–H groups in total. The molecule has 0 aliphatic carbocycles. The summed E-state index contributed by atoms with van der Waals surface area (Å²) in [5, 5.41) is 7.33.